The Labute approximate surface area is 211 Å². The summed E-state index contributed by atoms with van der Waals surface area (Å²) in [4.78, 5) is 4.82. The highest BCUT2D eigenvalue weighted by Crippen LogP contribution is 2.41. The van der Waals surface area contributed by atoms with Gasteiger partial charge in [0, 0.05) is 16.7 Å². The molecule has 0 aromatic heterocycles. The maximum Gasteiger partial charge on any atom is 0.118 e. The highest BCUT2D eigenvalue weighted by molar-refractivity contribution is 6.17. The van der Waals surface area contributed by atoms with Crippen LogP contribution in [-0.2, 0) is 0 Å². The lowest BCUT2D eigenvalue weighted by molar-refractivity contribution is 1.13. The van der Waals surface area contributed by atoms with Gasteiger partial charge >= 0.3 is 0 Å². The Kier molecular flexibility index (Phi) is 4.89. The second-order valence-corrected chi connectivity index (χ2v) is 9.24. The molecule has 1 unspecified atom stereocenters. The van der Waals surface area contributed by atoms with Crippen molar-refractivity contribution in [2.75, 3.05) is 0 Å². The maximum atomic E-state index is 4.82. The number of nitrogens with zero attached hydrogens (tertiary/aromatic N) is 1. The van der Waals surface area contributed by atoms with Crippen LogP contribution >= 0.6 is 0 Å². The number of rotatable bonds is 6. The molecule has 0 saturated carbocycles. The molecule has 0 radical (unpaired) electrons. The van der Waals surface area contributed by atoms with Crippen LogP contribution < -0.4 is 5.32 Å². The molecule has 2 aliphatic rings. The molecular weight excluding hydrogens is 436 g/mol. The first-order chi connectivity index (χ1) is 17.9. The molecule has 170 valence electrons. The lowest BCUT2D eigenvalue weighted by Gasteiger charge is -2.10. The second kappa shape index (κ2) is 8.51. The van der Waals surface area contributed by atoms with Crippen molar-refractivity contribution in [3.63, 3.8) is 0 Å². The monoisotopic (exact) mass is 460 g/mol. The Bertz CT molecular complexity index is 1630. The van der Waals surface area contributed by atoms with E-state index in [2.05, 4.69) is 139 Å². The van der Waals surface area contributed by atoms with Crippen LogP contribution in [0.1, 0.15) is 28.3 Å². The molecule has 1 N–H and O–H groups in total. The highest BCUT2D eigenvalue weighted by Gasteiger charge is 2.32. The molecule has 36 heavy (non-hydrogen) atoms. The van der Waals surface area contributed by atoms with Gasteiger partial charge in [0.1, 0.15) is 6.04 Å². The molecule has 7 rings (SSSR count). The van der Waals surface area contributed by atoms with Crippen LogP contribution in [0, 0.1) is 0 Å². The summed E-state index contributed by atoms with van der Waals surface area (Å²) in [5.41, 5.74) is 13.4. The zero-order chi connectivity index (χ0) is 23.9. The fourth-order valence-electron chi connectivity index (χ4n) is 5.04. The Morgan fingerprint density at radius 3 is 1.56 bits per heavy atom. The molecule has 0 fully saturated rings. The van der Waals surface area contributed by atoms with Crippen LogP contribution in [0.3, 0.4) is 0 Å². The fraction of sp³-hybridized carbons (Fsp3) is 0.0294. The third-order valence-electron chi connectivity index (χ3n) is 6.98. The topological polar surface area (TPSA) is 34.3 Å². The summed E-state index contributed by atoms with van der Waals surface area (Å²) in [6, 6.07) is 47.4. The molecule has 5 aromatic rings. The van der Waals surface area contributed by atoms with Crippen molar-refractivity contribution in [3.05, 3.63) is 156 Å². The average Bonchev–Trinajstić information content (AvgIpc) is 3.89. The quantitative estimate of drug-likeness (QED) is 0.274. The van der Waals surface area contributed by atoms with Crippen molar-refractivity contribution in [1.82, 2.24) is 5.32 Å². The van der Waals surface area contributed by atoms with Crippen molar-refractivity contribution >= 4 is 17.1 Å². The first kappa shape index (κ1) is 20.7. The molecule has 2 heteroatoms. The van der Waals surface area contributed by atoms with Gasteiger partial charge in [-0.25, -0.2) is 0 Å². The van der Waals surface area contributed by atoms with Crippen molar-refractivity contribution in [2.24, 2.45) is 4.99 Å². The minimum absolute atomic E-state index is 0.177. The normalized spacial score (nSPS) is 15.8. The molecule has 0 bridgehead atoms. The van der Waals surface area contributed by atoms with Gasteiger partial charge in [0.05, 0.1) is 17.1 Å². The lowest BCUT2D eigenvalue weighted by atomic mass is 9.93. The number of benzene rings is 5. The highest BCUT2D eigenvalue weighted by atomic mass is 15.0. The summed E-state index contributed by atoms with van der Waals surface area (Å²) < 4.78 is 0. The second-order valence-electron chi connectivity index (χ2n) is 9.24. The smallest absolute Gasteiger partial charge is 0.118 e. The average molecular weight is 461 g/mol. The van der Waals surface area contributed by atoms with Gasteiger partial charge in [-0.1, -0.05) is 133 Å². The van der Waals surface area contributed by atoms with Crippen LogP contribution in [0.2, 0.25) is 0 Å². The Hall–Kier alpha value is -4.69. The van der Waals surface area contributed by atoms with E-state index in [1.165, 1.54) is 61.6 Å². The van der Waals surface area contributed by atoms with E-state index in [0.717, 1.165) is 0 Å². The number of hydrogen-bond acceptors (Lipinski definition) is 2. The van der Waals surface area contributed by atoms with Gasteiger partial charge in [0.2, 0.25) is 0 Å². The van der Waals surface area contributed by atoms with Crippen LogP contribution in [0.4, 0.5) is 0 Å². The summed E-state index contributed by atoms with van der Waals surface area (Å²) in [7, 11) is 0. The minimum atomic E-state index is 0.177. The van der Waals surface area contributed by atoms with E-state index >= 15 is 0 Å². The Morgan fingerprint density at radius 1 is 0.417 bits per heavy atom. The molecule has 2 nitrogen and oxygen atoms in total. The van der Waals surface area contributed by atoms with E-state index in [1.807, 2.05) is 0 Å². The number of nitrogens with one attached hydrogen (secondary N) is 1. The molecule has 0 spiro atoms. The van der Waals surface area contributed by atoms with Crippen molar-refractivity contribution in [1.29, 1.82) is 0 Å². The van der Waals surface area contributed by atoms with Gasteiger partial charge in [0.25, 0.3) is 0 Å². The lowest BCUT2D eigenvalue weighted by Crippen LogP contribution is -1.96. The zero-order valence-corrected chi connectivity index (χ0v) is 19.7. The predicted molar refractivity (Wildman–Crippen MR) is 149 cm³/mol. The molecule has 5 aromatic carbocycles. The summed E-state index contributed by atoms with van der Waals surface area (Å²) in [6.07, 6.45) is 0. The number of aliphatic imine (C=N–C) groups is 1. The molecule has 0 saturated heterocycles. The first-order valence-corrected chi connectivity index (χ1v) is 12.4. The fourth-order valence-corrected chi connectivity index (χ4v) is 5.04. The van der Waals surface area contributed by atoms with Gasteiger partial charge in [-0.05, 0) is 27.8 Å². The van der Waals surface area contributed by atoms with E-state index in [-0.39, 0.29) is 6.04 Å². The summed E-state index contributed by atoms with van der Waals surface area (Å²) in [5, 5.41) is 3.51. The van der Waals surface area contributed by atoms with E-state index < -0.39 is 0 Å². The minimum Gasteiger partial charge on any atom is -0.351 e. The van der Waals surface area contributed by atoms with Gasteiger partial charge in [0.15, 0.2) is 0 Å². The Balaban J connectivity index is 1.19. The van der Waals surface area contributed by atoms with Crippen LogP contribution in [-0.4, -0.2) is 5.71 Å². The molecular formula is C34H24N2. The van der Waals surface area contributed by atoms with Crippen molar-refractivity contribution in [2.45, 2.75) is 6.04 Å². The third kappa shape index (κ3) is 3.73. The van der Waals surface area contributed by atoms with Crippen molar-refractivity contribution in [3.8, 4) is 22.3 Å². The molecule has 0 aliphatic carbocycles. The van der Waals surface area contributed by atoms with Gasteiger partial charge in [-0.15, -0.1) is 0 Å². The first-order valence-electron chi connectivity index (χ1n) is 12.4. The van der Waals surface area contributed by atoms with Gasteiger partial charge in [-0.2, -0.15) is 0 Å². The Morgan fingerprint density at radius 2 is 0.917 bits per heavy atom. The van der Waals surface area contributed by atoms with E-state index in [4.69, 9.17) is 4.99 Å². The molecule has 2 aliphatic heterocycles. The van der Waals surface area contributed by atoms with Gasteiger partial charge in [-0.3, -0.25) is 4.99 Å². The van der Waals surface area contributed by atoms with Gasteiger partial charge < -0.3 is 5.32 Å². The summed E-state index contributed by atoms with van der Waals surface area (Å²) in [6.45, 7) is 0. The number of hydrogen-bond donors (Lipinski definition) is 1. The van der Waals surface area contributed by atoms with Crippen molar-refractivity contribution < 1.29 is 0 Å². The standard InChI is InChI=1S/C34H24N2/c1-3-11-25(12-4-1)31-33(35-31)29-17-9-7-15-27(29)23-19-21-24(22-20-23)28-16-8-10-18-30(28)34-32(36-34)26-13-5-2-6-14-26/h1-22,31,36H. The summed E-state index contributed by atoms with van der Waals surface area (Å²) >= 11 is 0. The molecule has 0 amide bonds. The molecule has 2 heterocycles. The zero-order valence-electron chi connectivity index (χ0n) is 19.7. The van der Waals surface area contributed by atoms with Crippen LogP contribution in [0.15, 0.2) is 138 Å². The van der Waals surface area contributed by atoms with Crippen LogP contribution in [0.5, 0.6) is 0 Å². The molecule has 1 atom stereocenters. The maximum absolute atomic E-state index is 4.82. The predicted octanol–water partition coefficient (Wildman–Crippen LogP) is 7.99. The van der Waals surface area contributed by atoms with E-state index in [0.29, 0.717) is 0 Å². The van der Waals surface area contributed by atoms with E-state index in [1.54, 1.807) is 0 Å². The third-order valence-corrected chi connectivity index (χ3v) is 6.98. The van der Waals surface area contributed by atoms with E-state index in [9.17, 15) is 0 Å². The SMILES string of the molecule is c1ccc(C2=C(c3ccccc3-c3ccc(-c4ccccc4C4=NC4c4ccccc4)cc3)N2)cc1. The van der Waals surface area contributed by atoms with Crippen LogP contribution in [0.25, 0.3) is 33.6 Å². The summed E-state index contributed by atoms with van der Waals surface area (Å²) in [5.74, 6) is 0. The largest absolute Gasteiger partial charge is 0.351 e.